The number of hydrogen-bond donors (Lipinski definition) is 2. The van der Waals surface area contributed by atoms with Gasteiger partial charge in [-0.1, -0.05) is 12.1 Å². The Morgan fingerprint density at radius 2 is 1.17 bits per heavy atom. The lowest BCUT2D eigenvalue weighted by atomic mass is 10.1. The second-order valence-electron chi connectivity index (χ2n) is 12.3. The normalized spacial score (nSPS) is 17.5. The average molecular weight is 602 g/mol. The van der Waals surface area contributed by atoms with Crippen molar-refractivity contribution in [2.45, 2.75) is 58.9 Å². The summed E-state index contributed by atoms with van der Waals surface area (Å²) in [4.78, 5) is 43.6. The maximum Gasteiger partial charge on any atom is 0.418 e. The van der Waals surface area contributed by atoms with Gasteiger partial charge in [0, 0.05) is 52.4 Å². The fourth-order valence-electron chi connectivity index (χ4n) is 4.32. The zero-order valence-electron chi connectivity index (χ0n) is 25.6. The lowest BCUT2D eigenvalue weighted by Gasteiger charge is -2.31. The third-order valence-electron chi connectivity index (χ3n) is 6.09. The van der Waals surface area contributed by atoms with Gasteiger partial charge in [0.15, 0.2) is 0 Å². The van der Waals surface area contributed by atoms with E-state index in [1.54, 1.807) is 41.5 Å². The molecule has 1 aromatic carbocycles. The van der Waals surface area contributed by atoms with Crippen molar-refractivity contribution in [2.24, 2.45) is 0 Å². The second-order valence-corrected chi connectivity index (χ2v) is 12.3. The van der Waals surface area contributed by atoms with E-state index in [9.17, 15) is 27.6 Å². The Balaban J connectivity index is 2.16. The number of hydrogen-bond acceptors (Lipinski definition) is 9. The molecule has 1 aromatic rings. The number of benzene rings is 1. The van der Waals surface area contributed by atoms with E-state index in [0.29, 0.717) is 52.4 Å². The molecule has 0 atom stereocenters. The Morgan fingerprint density at radius 3 is 1.60 bits per heavy atom. The molecule has 0 aromatic heterocycles. The van der Waals surface area contributed by atoms with E-state index in [4.69, 9.17) is 9.47 Å². The quantitative estimate of drug-likeness (QED) is 0.457. The monoisotopic (exact) mass is 601 g/mol. The Morgan fingerprint density at radius 1 is 0.738 bits per heavy atom. The van der Waals surface area contributed by atoms with Crippen molar-refractivity contribution < 1.29 is 37.0 Å². The number of nitrogens with zero attached hydrogens (tertiary/aromatic N) is 3. The fourth-order valence-corrected chi connectivity index (χ4v) is 4.32. The smallest absolute Gasteiger partial charge is 0.418 e. The summed E-state index contributed by atoms with van der Waals surface area (Å²) in [5, 5.41) is 5.74. The van der Waals surface area contributed by atoms with Crippen molar-refractivity contribution in [3.8, 4) is 0 Å². The Kier molecular flexibility index (Phi) is 13.2. The summed E-state index contributed by atoms with van der Waals surface area (Å²) in [6.45, 7) is 14.5. The van der Waals surface area contributed by atoms with Gasteiger partial charge in [-0.15, -0.1) is 0 Å². The second kappa shape index (κ2) is 15.6. The van der Waals surface area contributed by atoms with E-state index < -0.39 is 28.8 Å². The summed E-state index contributed by atoms with van der Waals surface area (Å²) in [6, 6.07) is 4.83. The molecule has 0 spiro atoms. The fraction of sp³-hybridized carbons (Fsp3) is 0.690. The van der Waals surface area contributed by atoms with Crippen molar-refractivity contribution in [1.82, 2.24) is 20.0 Å². The molecule has 1 amide bonds. The highest BCUT2D eigenvalue weighted by Crippen LogP contribution is 2.34. The lowest BCUT2D eigenvalue weighted by Crippen LogP contribution is -2.48. The van der Waals surface area contributed by atoms with Crippen LogP contribution in [0.2, 0.25) is 0 Å². The Hall–Kier alpha value is -2.74. The van der Waals surface area contributed by atoms with Crippen LogP contribution in [0, 0.1) is 0 Å². The van der Waals surface area contributed by atoms with Gasteiger partial charge in [0.2, 0.25) is 5.91 Å². The summed E-state index contributed by atoms with van der Waals surface area (Å²) in [5.74, 6) is -1.34. The van der Waals surface area contributed by atoms with Gasteiger partial charge in [-0.3, -0.25) is 29.1 Å². The van der Waals surface area contributed by atoms with Gasteiger partial charge in [0.05, 0.1) is 30.9 Å². The highest BCUT2D eigenvalue weighted by atomic mass is 19.4. The van der Waals surface area contributed by atoms with Gasteiger partial charge in [-0.2, -0.15) is 13.2 Å². The molecule has 1 fully saturated rings. The van der Waals surface area contributed by atoms with Crippen molar-refractivity contribution in [3.63, 3.8) is 0 Å². The standard InChI is InChI=1S/C29H46F3N5O5/c1-27(2,3)41-25(39)20-35-13-11-33-12-14-36(21-26(40)42-28(4,5)6)16-18-37(17-15-35)19-24(38)34-23-10-8-7-9-22(23)29(30,31)32/h7-10,33H,11-21H2,1-6H3,(H,34,38). The highest BCUT2D eigenvalue weighted by molar-refractivity contribution is 5.93. The first-order valence-electron chi connectivity index (χ1n) is 14.2. The topological polar surface area (TPSA) is 103 Å². The number of ether oxygens (including phenoxy) is 2. The molecule has 1 saturated heterocycles. The third-order valence-corrected chi connectivity index (χ3v) is 6.09. The molecule has 0 bridgehead atoms. The van der Waals surface area contributed by atoms with Crippen LogP contribution in [0.25, 0.3) is 0 Å². The summed E-state index contributed by atoms with van der Waals surface area (Å²) >= 11 is 0. The van der Waals surface area contributed by atoms with Crippen molar-refractivity contribution in [3.05, 3.63) is 29.8 Å². The predicted octanol–water partition coefficient (Wildman–Crippen LogP) is 2.84. The van der Waals surface area contributed by atoms with Crippen LogP contribution in [0.1, 0.15) is 47.1 Å². The van der Waals surface area contributed by atoms with E-state index in [2.05, 4.69) is 10.6 Å². The molecule has 42 heavy (non-hydrogen) atoms. The summed E-state index contributed by atoms with van der Waals surface area (Å²) in [6.07, 6.45) is -4.62. The molecule has 1 aliphatic heterocycles. The lowest BCUT2D eigenvalue weighted by molar-refractivity contribution is -0.157. The third kappa shape index (κ3) is 14.4. The van der Waals surface area contributed by atoms with Gasteiger partial charge in [0.1, 0.15) is 11.2 Å². The van der Waals surface area contributed by atoms with E-state index in [0.717, 1.165) is 6.07 Å². The number of carbonyl (C=O) groups is 3. The SMILES string of the molecule is CC(C)(C)OC(=O)CN1CCNCCN(CC(=O)OC(C)(C)C)CCN(CC(=O)Nc2ccccc2C(F)(F)F)CC1. The molecule has 10 nitrogen and oxygen atoms in total. The first kappa shape index (κ1) is 35.5. The minimum Gasteiger partial charge on any atom is -0.459 e. The largest absolute Gasteiger partial charge is 0.459 e. The number of alkyl halides is 3. The van der Waals surface area contributed by atoms with Crippen molar-refractivity contribution >= 4 is 23.5 Å². The van der Waals surface area contributed by atoms with Crippen LogP contribution < -0.4 is 10.6 Å². The van der Waals surface area contributed by atoms with Crippen LogP contribution in [-0.2, 0) is 30.0 Å². The van der Waals surface area contributed by atoms with Crippen molar-refractivity contribution in [2.75, 3.05) is 77.3 Å². The number of para-hydroxylation sites is 1. The molecular formula is C29H46F3N5O5. The van der Waals surface area contributed by atoms with E-state index in [-0.39, 0.29) is 37.3 Å². The Bertz CT molecular complexity index is 996. The van der Waals surface area contributed by atoms with Gasteiger partial charge < -0.3 is 20.1 Å². The zero-order chi connectivity index (χ0) is 31.6. The first-order chi connectivity index (χ1) is 19.4. The van der Waals surface area contributed by atoms with Crippen LogP contribution in [-0.4, -0.2) is 116 Å². The molecule has 0 radical (unpaired) electrons. The molecule has 13 heteroatoms. The molecule has 0 saturated carbocycles. The van der Waals surface area contributed by atoms with Crippen LogP contribution in [0.5, 0.6) is 0 Å². The van der Waals surface area contributed by atoms with Crippen LogP contribution in [0.4, 0.5) is 18.9 Å². The number of carbonyl (C=O) groups excluding carboxylic acids is 3. The minimum absolute atomic E-state index is 0.0582. The van der Waals surface area contributed by atoms with Gasteiger partial charge in [0.25, 0.3) is 0 Å². The van der Waals surface area contributed by atoms with Crippen LogP contribution in [0.15, 0.2) is 24.3 Å². The minimum atomic E-state index is -4.62. The number of rotatable bonds is 7. The molecule has 2 rings (SSSR count). The first-order valence-corrected chi connectivity index (χ1v) is 14.2. The number of halogens is 3. The zero-order valence-corrected chi connectivity index (χ0v) is 25.6. The molecule has 0 aliphatic carbocycles. The van der Waals surface area contributed by atoms with Gasteiger partial charge in [-0.05, 0) is 53.7 Å². The van der Waals surface area contributed by atoms with E-state index >= 15 is 0 Å². The van der Waals surface area contributed by atoms with Gasteiger partial charge >= 0.3 is 18.1 Å². The van der Waals surface area contributed by atoms with Crippen LogP contribution in [0.3, 0.4) is 0 Å². The van der Waals surface area contributed by atoms with Crippen molar-refractivity contribution in [1.29, 1.82) is 0 Å². The van der Waals surface area contributed by atoms with Gasteiger partial charge in [-0.25, -0.2) is 0 Å². The summed E-state index contributed by atoms with van der Waals surface area (Å²) < 4.78 is 51.3. The number of nitrogens with one attached hydrogen (secondary N) is 2. The maximum atomic E-state index is 13.5. The summed E-state index contributed by atoms with van der Waals surface area (Å²) in [7, 11) is 0. The molecule has 2 N–H and O–H groups in total. The highest BCUT2D eigenvalue weighted by Gasteiger charge is 2.33. The van der Waals surface area contributed by atoms with Crippen LogP contribution >= 0.6 is 0 Å². The van der Waals surface area contributed by atoms with E-state index in [1.165, 1.54) is 18.2 Å². The number of anilines is 1. The number of esters is 2. The predicted molar refractivity (Wildman–Crippen MR) is 154 cm³/mol. The summed E-state index contributed by atoms with van der Waals surface area (Å²) in [5.41, 5.74) is -2.49. The molecule has 238 valence electrons. The number of amides is 1. The average Bonchev–Trinajstić information content (AvgIpc) is 2.81. The molecular weight excluding hydrogens is 555 g/mol. The van der Waals surface area contributed by atoms with E-state index in [1.807, 2.05) is 14.7 Å². The Labute approximate surface area is 246 Å². The molecule has 1 heterocycles. The maximum absolute atomic E-state index is 13.5. The molecule has 1 aliphatic rings. The molecule has 0 unspecified atom stereocenters.